The van der Waals surface area contributed by atoms with E-state index in [0.29, 0.717) is 37.0 Å². The van der Waals surface area contributed by atoms with Crippen molar-refractivity contribution in [2.45, 2.75) is 6.54 Å². The molecule has 1 N–H and O–H groups in total. The maximum absolute atomic E-state index is 12.9. The molecule has 8 nitrogen and oxygen atoms in total. The van der Waals surface area contributed by atoms with Crippen LogP contribution >= 0.6 is 11.6 Å². The highest BCUT2D eigenvalue weighted by atomic mass is 35.5. The third kappa shape index (κ3) is 3.97. The fourth-order valence-corrected chi connectivity index (χ4v) is 3.56. The smallest absolute Gasteiger partial charge is 0.328 e. The molecule has 1 aliphatic rings. The highest BCUT2D eigenvalue weighted by Crippen LogP contribution is 2.21. The summed E-state index contributed by atoms with van der Waals surface area (Å²) in [7, 11) is 0. The van der Waals surface area contributed by atoms with Gasteiger partial charge in [0.1, 0.15) is 11.3 Å². The molecule has 1 saturated heterocycles. The third-order valence-corrected chi connectivity index (χ3v) is 5.16. The minimum atomic E-state index is -0.632. The predicted octanol–water partition coefficient (Wildman–Crippen LogP) is 1.79. The van der Waals surface area contributed by atoms with Crippen molar-refractivity contribution in [1.82, 2.24) is 14.5 Å². The molecule has 3 aromatic rings. The summed E-state index contributed by atoms with van der Waals surface area (Å²) in [6.07, 6.45) is 2.65. The molecule has 0 aliphatic carbocycles. The summed E-state index contributed by atoms with van der Waals surface area (Å²) in [4.78, 5) is 44.0. The fraction of sp³-hybridized carbons (Fsp3) is 0.250. The molecule has 29 heavy (non-hydrogen) atoms. The second-order valence-electron chi connectivity index (χ2n) is 6.74. The number of nitrogens with one attached hydrogen (secondary N) is 1. The molecule has 1 amide bonds. The van der Waals surface area contributed by atoms with Crippen molar-refractivity contribution in [1.29, 1.82) is 0 Å². The van der Waals surface area contributed by atoms with Gasteiger partial charge in [-0.15, -0.1) is 0 Å². The lowest BCUT2D eigenvalue weighted by Crippen LogP contribution is -2.50. The second kappa shape index (κ2) is 8.00. The first kappa shape index (κ1) is 19.1. The summed E-state index contributed by atoms with van der Waals surface area (Å²) >= 11 is 6.06. The van der Waals surface area contributed by atoms with Gasteiger partial charge in [-0.2, -0.15) is 0 Å². The van der Waals surface area contributed by atoms with E-state index in [1.165, 1.54) is 12.5 Å². The molecule has 1 aliphatic heterocycles. The molecule has 0 saturated carbocycles. The van der Waals surface area contributed by atoms with E-state index < -0.39 is 17.2 Å². The Balaban J connectivity index is 1.50. The van der Waals surface area contributed by atoms with Crippen molar-refractivity contribution < 1.29 is 9.21 Å². The first-order valence-electron chi connectivity index (χ1n) is 9.17. The van der Waals surface area contributed by atoms with Crippen LogP contribution in [0.1, 0.15) is 16.1 Å². The van der Waals surface area contributed by atoms with Gasteiger partial charge in [-0.05, 0) is 30.3 Å². The highest BCUT2D eigenvalue weighted by Gasteiger charge is 2.25. The van der Waals surface area contributed by atoms with Crippen LogP contribution in [0.15, 0.2) is 62.9 Å². The Bertz CT molecular complexity index is 1130. The van der Waals surface area contributed by atoms with Crippen LogP contribution in [-0.4, -0.2) is 46.5 Å². The van der Waals surface area contributed by atoms with E-state index in [4.69, 9.17) is 16.0 Å². The number of nitrogens with zero attached hydrogens (tertiary/aromatic N) is 3. The van der Waals surface area contributed by atoms with Crippen LogP contribution in [0.2, 0.25) is 5.02 Å². The summed E-state index contributed by atoms with van der Waals surface area (Å²) in [5.41, 5.74) is -0.289. The Morgan fingerprint density at radius 2 is 1.90 bits per heavy atom. The van der Waals surface area contributed by atoms with Gasteiger partial charge in [0, 0.05) is 43.1 Å². The van der Waals surface area contributed by atoms with E-state index >= 15 is 0 Å². The summed E-state index contributed by atoms with van der Waals surface area (Å²) < 4.78 is 6.17. The molecular formula is C20H19ClN4O4. The standard InChI is InChI=1S/C20H19ClN4O4/c21-14-3-1-4-15(11-14)23-6-8-24(9-7-23)18(26)17-12-22-20(28)25(19(17)27)13-16-5-2-10-29-16/h1-5,10-12H,6-9,13H2,(H,22,28). The predicted molar refractivity (Wildman–Crippen MR) is 109 cm³/mol. The summed E-state index contributed by atoms with van der Waals surface area (Å²) in [5.74, 6) is 0.0579. The zero-order valence-corrected chi connectivity index (χ0v) is 16.3. The number of benzene rings is 1. The Labute approximate surface area is 170 Å². The third-order valence-electron chi connectivity index (χ3n) is 4.93. The summed E-state index contributed by atoms with van der Waals surface area (Å²) in [6, 6.07) is 10.9. The van der Waals surface area contributed by atoms with E-state index in [9.17, 15) is 14.4 Å². The molecule has 0 radical (unpaired) electrons. The number of anilines is 1. The topological polar surface area (TPSA) is 91.5 Å². The molecular weight excluding hydrogens is 396 g/mol. The zero-order valence-electron chi connectivity index (χ0n) is 15.5. The molecule has 0 atom stereocenters. The minimum absolute atomic E-state index is 0.0369. The number of piperazine rings is 1. The first-order valence-corrected chi connectivity index (χ1v) is 9.55. The van der Waals surface area contributed by atoms with Gasteiger partial charge in [-0.3, -0.25) is 14.2 Å². The average Bonchev–Trinajstić information content (AvgIpc) is 3.24. The van der Waals surface area contributed by atoms with E-state index in [-0.39, 0.29) is 12.1 Å². The summed E-state index contributed by atoms with van der Waals surface area (Å²) in [5, 5.41) is 0.659. The van der Waals surface area contributed by atoms with Gasteiger partial charge in [-0.25, -0.2) is 4.79 Å². The Hall–Kier alpha value is -3.26. The molecule has 0 unspecified atom stereocenters. The summed E-state index contributed by atoms with van der Waals surface area (Å²) in [6.45, 7) is 2.13. The number of carbonyl (C=O) groups is 1. The quantitative estimate of drug-likeness (QED) is 0.702. The van der Waals surface area contributed by atoms with Crippen LogP contribution in [0, 0.1) is 0 Å². The van der Waals surface area contributed by atoms with Gasteiger partial charge in [0.15, 0.2) is 0 Å². The molecule has 3 heterocycles. The van der Waals surface area contributed by atoms with E-state index in [1.807, 2.05) is 24.3 Å². The van der Waals surface area contributed by atoms with Gasteiger partial charge in [-0.1, -0.05) is 17.7 Å². The maximum atomic E-state index is 12.9. The number of furan rings is 1. The van der Waals surface area contributed by atoms with Crippen LogP contribution in [0.5, 0.6) is 0 Å². The van der Waals surface area contributed by atoms with Crippen molar-refractivity contribution >= 4 is 23.2 Å². The zero-order chi connectivity index (χ0) is 20.4. The van der Waals surface area contributed by atoms with Gasteiger partial charge in [0.2, 0.25) is 0 Å². The molecule has 1 aromatic carbocycles. The van der Waals surface area contributed by atoms with Gasteiger partial charge in [0.25, 0.3) is 11.5 Å². The lowest BCUT2D eigenvalue weighted by Gasteiger charge is -2.36. The number of carbonyl (C=O) groups excluding carboxylic acids is 1. The molecule has 9 heteroatoms. The maximum Gasteiger partial charge on any atom is 0.328 e. The van der Waals surface area contributed by atoms with Gasteiger partial charge < -0.3 is 19.2 Å². The lowest BCUT2D eigenvalue weighted by atomic mass is 10.2. The Kier molecular flexibility index (Phi) is 5.26. The number of hydrogen-bond acceptors (Lipinski definition) is 5. The molecule has 0 spiro atoms. The number of aromatic nitrogens is 2. The largest absolute Gasteiger partial charge is 0.467 e. The highest BCUT2D eigenvalue weighted by molar-refractivity contribution is 6.30. The SMILES string of the molecule is O=C(c1c[nH]c(=O)n(Cc2ccco2)c1=O)N1CCN(c2cccc(Cl)c2)CC1. The monoisotopic (exact) mass is 414 g/mol. The Morgan fingerprint density at radius 3 is 2.59 bits per heavy atom. The lowest BCUT2D eigenvalue weighted by molar-refractivity contribution is 0.0743. The van der Waals surface area contributed by atoms with Crippen molar-refractivity contribution in [3.63, 3.8) is 0 Å². The van der Waals surface area contributed by atoms with Crippen molar-refractivity contribution in [3.8, 4) is 0 Å². The molecule has 150 valence electrons. The van der Waals surface area contributed by atoms with Crippen LogP contribution in [0.4, 0.5) is 5.69 Å². The van der Waals surface area contributed by atoms with Crippen LogP contribution in [-0.2, 0) is 6.54 Å². The molecule has 0 bridgehead atoms. The van der Waals surface area contributed by atoms with Crippen molar-refractivity contribution in [2.24, 2.45) is 0 Å². The first-order chi connectivity index (χ1) is 14.0. The number of aromatic amines is 1. The minimum Gasteiger partial charge on any atom is -0.467 e. The second-order valence-corrected chi connectivity index (χ2v) is 7.17. The Morgan fingerprint density at radius 1 is 1.10 bits per heavy atom. The molecule has 1 fully saturated rings. The number of H-pyrrole nitrogens is 1. The average molecular weight is 415 g/mol. The van der Waals surface area contributed by atoms with Crippen LogP contribution in [0.25, 0.3) is 0 Å². The van der Waals surface area contributed by atoms with Crippen molar-refractivity contribution in [3.05, 3.63) is 86.0 Å². The number of rotatable bonds is 4. The number of amides is 1. The van der Waals surface area contributed by atoms with Crippen LogP contribution < -0.4 is 16.1 Å². The number of hydrogen-bond donors (Lipinski definition) is 1. The molecule has 2 aromatic heterocycles. The van der Waals surface area contributed by atoms with E-state index in [0.717, 1.165) is 10.3 Å². The number of halogens is 1. The van der Waals surface area contributed by atoms with E-state index in [2.05, 4.69) is 9.88 Å². The molecule has 4 rings (SSSR count). The van der Waals surface area contributed by atoms with Gasteiger partial charge in [0.05, 0.1) is 12.8 Å². The fourth-order valence-electron chi connectivity index (χ4n) is 3.38. The van der Waals surface area contributed by atoms with E-state index in [1.54, 1.807) is 17.0 Å². The van der Waals surface area contributed by atoms with Crippen molar-refractivity contribution in [2.75, 3.05) is 31.1 Å². The van der Waals surface area contributed by atoms with Gasteiger partial charge >= 0.3 is 5.69 Å². The normalized spacial score (nSPS) is 14.2. The van der Waals surface area contributed by atoms with Crippen LogP contribution in [0.3, 0.4) is 0 Å².